The lowest BCUT2D eigenvalue weighted by Gasteiger charge is -2.06. The van der Waals surface area contributed by atoms with Gasteiger partial charge in [0.2, 0.25) is 5.75 Å². The second-order valence-electron chi connectivity index (χ2n) is 6.06. The minimum Gasteiger partial charge on any atom is -0.477 e. The second-order valence-corrected chi connectivity index (χ2v) is 6.92. The van der Waals surface area contributed by atoms with E-state index in [4.69, 9.17) is 4.74 Å². The Labute approximate surface area is 164 Å². The average molecular weight is 401 g/mol. The minimum absolute atomic E-state index is 0.310. The number of hydrogen-bond donors (Lipinski definition) is 1. The van der Waals surface area contributed by atoms with Gasteiger partial charge in [-0.1, -0.05) is 17.7 Å². The molecule has 1 N–H and O–H groups in total. The smallest absolute Gasteiger partial charge is 0.311 e. The number of thiazole rings is 1. The van der Waals surface area contributed by atoms with Gasteiger partial charge >= 0.3 is 5.69 Å². The van der Waals surface area contributed by atoms with E-state index in [1.54, 1.807) is 0 Å². The first-order chi connectivity index (χ1) is 13.3. The van der Waals surface area contributed by atoms with Crippen molar-refractivity contribution in [3.05, 3.63) is 68.8 Å². The highest BCUT2D eigenvalue weighted by atomic mass is 32.1. The minimum atomic E-state index is -0.704. The van der Waals surface area contributed by atoms with Gasteiger partial charge < -0.3 is 4.74 Å². The number of nitro groups is 1. The number of halogens is 1. The summed E-state index contributed by atoms with van der Waals surface area (Å²) in [6.07, 6.45) is 0. The Morgan fingerprint density at radius 3 is 2.82 bits per heavy atom. The van der Waals surface area contributed by atoms with Gasteiger partial charge in [0, 0.05) is 23.1 Å². The van der Waals surface area contributed by atoms with Crippen molar-refractivity contribution in [2.24, 2.45) is 0 Å². The van der Waals surface area contributed by atoms with Gasteiger partial charge in [-0.15, -0.1) is 11.3 Å². The van der Waals surface area contributed by atoms with Crippen LogP contribution in [0.15, 0.2) is 41.8 Å². The summed E-state index contributed by atoms with van der Waals surface area (Å²) in [7, 11) is 0. The molecule has 1 heterocycles. The molecule has 0 fully saturated rings. The summed E-state index contributed by atoms with van der Waals surface area (Å²) in [6, 6.07) is 8.84. The number of rotatable bonds is 6. The van der Waals surface area contributed by atoms with Crippen LogP contribution in [0.1, 0.15) is 11.1 Å². The first-order valence-electron chi connectivity index (χ1n) is 8.23. The molecular weight excluding hydrogens is 385 g/mol. The third-order valence-electron chi connectivity index (χ3n) is 3.90. The number of benzene rings is 2. The number of nitrogens with zero attached hydrogens (tertiary/aromatic N) is 2. The normalized spacial score (nSPS) is 10.5. The Hall–Kier alpha value is -3.33. The Morgan fingerprint density at radius 2 is 2.07 bits per heavy atom. The van der Waals surface area contributed by atoms with Crippen molar-refractivity contribution in [2.45, 2.75) is 13.8 Å². The highest BCUT2D eigenvalue weighted by Crippen LogP contribution is 2.29. The van der Waals surface area contributed by atoms with Gasteiger partial charge in [0.1, 0.15) is 5.82 Å². The number of carbonyl (C=O) groups excluding carboxylic acids is 1. The molecule has 144 valence electrons. The van der Waals surface area contributed by atoms with Crippen LogP contribution in [-0.4, -0.2) is 22.4 Å². The predicted molar refractivity (Wildman–Crippen MR) is 104 cm³/mol. The number of hydrogen-bond acceptors (Lipinski definition) is 6. The van der Waals surface area contributed by atoms with Crippen LogP contribution in [0.2, 0.25) is 0 Å². The maximum absolute atomic E-state index is 13.3. The summed E-state index contributed by atoms with van der Waals surface area (Å²) < 4.78 is 18.4. The van der Waals surface area contributed by atoms with Crippen molar-refractivity contribution in [2.75, 3.05) is 11.9 Å². The maximum Gasteiger partial charge on any atom is 0.311 e. The number of aryl methyl sites for hydroxylation is 2. The SMILES string of the molecule is Cc1ccc(C)c(-c2csc(NC(=O)COc3cc(F)ccc3[N+](=O)[O-])n2)c1. The van der Waals surface area contributed by atoms with E-state index in [1.165, 1.54) is 11.3 Å². The van der Waals surface area contributed by atoms with Gasteiger partial charge in [0.25, 0.3) is 5.91 Å². The molecule has 0 saturated heterocycles. The second kappa shape index (κ2) is 8.13. The summed E-state index contributed by atoms with van der Waals surface area (Å²) in [6.45, 7) is 3.45. The largest absolute Gasteiger partial charge is 0.477 e. The number of carbonyl (C=O) groups is 1. The quantitative estimate of drug-likeness (QED) is 0.485. The lowest BCUT2D eigenvalue weighted by atomic mass is 10.0. The van der Waals surface area contributed by atoms with Crippen molar-refractivity contribution < 1.29 is 18.8 Å². The van der Waals surface area contributed by atoms with Crippen LogP contribution in [0, 0.1) is 29.8 Å². The predicted octanol–water partition coefficient (Wildman–Crippen LogP) is 4.49. The number of aromatic nitrogens is 1. The Kier molecular flexibility index (Phi) is 5.65. The molecule has 28 heavy (non-hydrogen) atoms. The summed E-state index contributed by atoms with van der Waals surface area (Å²) in [5, 5.41) is 15.7. The molecule has 0 spiro atoms. The Morgan fingerprint density at radius 1 is 1.29 bits per heavy atom. The molecule has 1 aromatic heterocycles. The summed E-state index contributed by atoms with van der Waals surface area (Å²) >= 11 is 1.25. The van der Waals surface area contributed by atoms with Crippen LogP contribution in [0.5, 0.6) is 5.75 Å². The van der Waals surface area contributed by atoms with E-state index >= 15 is 0 Å². The van der Waals surface area contributed by atoms with Crippen molar-refractivity contribution in [1.82, 2.24) is 4.98 Å². The molecule has 0 unspecified atom stereocenters. The first-order valence-corrected chi connectivity index (χ1v) is 9.11. The zero-order valence-electron chi connectivity index (χ0n) is 15.1. The van der Waals surface area contributed by atoms with Gasteiger partial charge in [0.15, 0.2) is 11.7 Å². The fraction of sp³-hybridized carbons (Fsp3) is 0.158. The van der Waals surface area contributed by atoms with Gasteiger partial charge in [0.05, 0.1) is 10.6 Å². The number of nitrogens with one attached hydrogen (secondary N) is 1. The molecule has 0 aliphatic heterocycles. The lowest BCUT2D eigenvalue weighted by molar-refractivity contribution is -0.385. The Balaban J connectivity index is 1.67. The third-order valence-corrected chi connectivity index (χ3v) is 4.65. The standard InChI is InChI=1S/C19H16FN3O4S/c1-11-3-4-12(2)14(7-11)15-10-28-19(21-15)22-18(24)9-27-17-8-13(20)5-6-16(17)23(25)26/h3-8,10H,9H2,1-2H3,(H,21,22,24). The molecular formula is C19H16FN3O4S. The molecule has 7 nitrogen and oxygen atoms in total. The third kappa shape index (κ3) is 4.49. The molecule has 1 amide bonds. The van der Waals surface area contributed by atoms with E-state index < -0.39 is 28.9 Å². The average Bonchev–Trinajstić information content (AvgIpc) is 3.10. The van der Waals surface area contributed by atoms with Crippen molar-refractivity contribution >= 4 is 28.1 Å². The van der Waals surface area contributed by atoms with Crippen LogP contribution in [0.3, 0.4) is 0 Å². The summed E-state index contributed by atoms with van der Waals surface area (Å²) in [5.74, 6) is -1.56. The highest BCUT2D eigenvalue weighted by molar-refractivity contribution is 7.14. The lowest BCUT2D eigenvalue weighted by Crippen LogP contribution is -2.20. The van der Waals surface area contributed by atoms with E-state index in [2.05, 4.69) is 10.3 Å². The number of anilines is 1. The van der Waals surface area contributed by atoms with Crippen molar-refractivity contribution in [1.29, 1.82) is 0 Å². The van der Waals surface area contributed by atoms with E-state index in [9.17, 15) is 19.3 Å². The van der Waals surface area contributed by atoms with Crippen LogP contribution in [0.4, 0.5) is 15.2 Å². The van der Waals surface area contributed by atoms with Crippen LogP contribution in [0.25, 0.3) is 11.3 Å². The van der Waals surface area contributed by atoms with Crippen molar-refractivity contribution in [3.63, 3.8) is 0 Å². The molecule has 0 saturated carbocycles. The number of nitro benzene ring substituents is 1. The fourth-order valence-corrected chi connectivity index (χ4v) is 3.25. The Bertz CT molecular complexity index is 1050. The first kappa shape index (κ1) is 19.4. The van der Waals surface area contributed by atoms with E-state index in [1.807, 2.05) is 37.4 Å². The molecule has 0 bridgehead atoms. The topological polar surface area (TPSA) is 94.4 Å². The van der Waals surface area contributed by atoms with Crippen molar-refractivity contribution in [3.8, 4) is 17.0 Å². The maximum atomic E-state index is 13.3. The molecule has 2 aromatic carbocycles. The van der Waals surface area contributed by atoms with Gasteiger partial charge in [-0.2, -0.15) is 0 Å². The molecule has 0 atom stereocenters. The monoisotopic (exact) mass is 401 g/mol. The molecule has 9 heteroatoms. The van der Waals surface area contributed by atoms with Crippen LogP contribution in [-0.2, 0) is 4.79 Å². The number of amides is 1. The van der Waals surface area contributed by atoms with Gasteiger partial charge in [-0.3, -0.25) is 20.2 Å². The van der Waals surface area contributed by atoms with Gasteiger partial charge in [-0.25, -0.2) is 9.37 Å². The summed E-state index contributed by atoms with van der Waals surface area (Å²) in [5.41, 5.74) is 3.46. The number of ether oxygens (including phenoxy) is 1. The highest BCUT2D eigenvalue weighted by Gasteiger charge is 2.17. The molecule has 3 rings (SSSR count). The zero-order chi connectivity index (χ0) is 20.3. The summed E-state index contributed by atoms with van der Waals surface area (Å²) in [4.78, 5) is 26.7. The van der Waals surface area contributed by atoms with E-state index in [0.29, 0.717) is 5.13 Å². The van der Waals surface area contributed by atoms with E-state index in [0.717, 1.165) is 40.6 Å². The molecule has 0 aliphatic rings. The van der Waals surface area contributed by atoms with Crippen LogP contribution >= 0.6 is 11.3 Å². The molecule has 3 aromatic rings. The molecule has 0 aliphatic carbocycles. The zero-order valence-corrected chi connectivity index (χ0v) is 15.9. The fourth-order valence-electron chi connectivity index (χ4n) is 2.52. The van der Waals surface area contributed by atoms with Crippen LogP contribution < -0.4 is 10.1 Å². The van der Waals surface area contributed by atoms with E-state index in [-0.39, 0.29) is 5.75 Å². The van der Waals surface area contributed by atoms with Gasteiger partial charge in [-0.05, 0) is 31.5 Å². The molecule has 0 radical (unpaired) electrons.